The van der Waals surface area contributed by atoms with Crippen LogP contribution in [0.5, 0.6) is 5.75 Å². The van der Waals surface area contributed by atoms with Crippen LogP contribution in [0.15, 0.2) is 48.5 Å². The number of nitrogens with zero attached hydrogens (tertiary/aromatic N) is 2. The number of para-hydroxylation sites is 2. The SMILES string of the molecule is CCCCNC(=O)[C@@H](CC)N(Cc1ccc(F)cc1)C(=O)CCCN(c1ccccc1OCC)S(C)(=O)=O. The van der Waals surface area contributed by atoms with E-state index in [1.807, 2.05) is 20.8 Å². The van der Waals surface area contributed by atoms with Crippen molar-refractivity contribution in [3.05, 3.63) is 59.9 Å². The topological polar surface area (TPSA) is 96.0 Å². The molecule has 210 valence electrons. The third-order valence-corrected chi connectivity index (χ3v) is 7.25. The predicted molar refractivity (Wildman–Crippen MR) is 148 cm³/mol. The van der Waals surface area contributed by atoms with E-state index in [-0.39, 0.29) is 43.6 Å². The van der Waals surface area contributed by atoms with E-state index < -0.39 is 16.1 Å². The number of carbonyl (C=O) groups is 2. The van der Waals surface area contributed by atoms with Gasteiger partial charge in [-0.15, -0.1) is 0 Å². The lowest BCUT2D eigenvalue weighted by Gasteiger charge is -2.31. The molecule has 10 heteroatoms. The van der Waals surface area contributed by atoms with Crippen molar-refractivity contribution in [1.82, 2.24) is 10.2 Å². The molecule has 0 aliphatic heterocycles. The summed E-state index contributed by atoms with van der Waals surface area (Å²) in [6, 6.07) is 12.0. The molecule has 0 saturated heterocycles. The van der Waals surface area contributed by atoms with Gasteiger partial charge in [0.1, 0.15) is 17.6 Å². The lowest BCUT2D eigenvalue weighted by Crippen LogP contribution is -2.49. The molecule has 0 spiro atoms. The summed E-state index contributed by atoms with van der Waals surface area (Å²) in [5, 5.41) is 2.90. The van der Waals surface area contributed by atoms with E-state index in [1.165, 1.54) is 21.3 Å². The van der Waals surface area contributed by atoms with Crippen LogP contribution < -0.4 is 14.4 Å². The molecule has 0 bridgehead atoms. The number of unbranched alkanes of at least 4 members (excludes halogenated alkanes) is 1. The van der Waals surface area contributed by atoms with E-state index in [1.54, 1.807) is 36.4 Å². The van der Waals surface area contributed by atoms with Gasteiger partial charge in [0.05, 0.1) is 18.6 Å². The first-order chi connectivity index (χ1) is 18.1. The summed E-state index contributed by atoms with van der Waals surface area (Å²) in [7, 11) is -3.65. The Kier molecular flexibility index (Phi) is 12.5. The number of rotatable bonds is 16. The first-order valence-electron chi connectivity index (χ1n) is 13.1. The molecule has 2 rings (SSSR count). The minimum absolute atomic E-state index is 0.0305. The Morgan fingerprint density at radius 3 is 2.32 bits per heavy atom. The fraction of sp³-hybridized carbons (Fsp3) is 0.500. The number of amides is 2. The van der Waals surface area contributed by atoms with E-state index >= 15 is 0 Å². The normalized spacial score (nSPS) is 12.0. The van der Waals surface area contributed by atoms with Crippen molar-refractivity contribution in [2.75, 3.05) is 30.3 Å². The molecule has 0 radical (unpaired) electrons. The summed E-state index contributed by atoms with van der Waals surface area (Å²) in [6.07, 6.45) is 3.55. The summed E-state index contributed by atoms with van der Waals surface area (Å²) in [6.45, 7) is 6.79. The second kappa shape index (κ2) is 15.3. The Labute approximate surface area is 226 Å². The second-order valence-corrected chi connectivity index (χ2v) is 11.0. The molecule has 2 amide bonds. The van der Waals surface area contributed by atoms with E-state index in [2.05, 4.69) is 5.32 Å². The van der Waals surface area contributed by atoms with Crippen LogP contribution in [0.1, 0.15) is 58.4 Å². The van der Waals surface area contributed by atoms with Gasteiger partial charge in [-0.05, 0) is 56.0 Å². The number of nitrogens with one attached hydrogen (secondary N) is 1. The molecule has 38 heavy (non-hydrogen) atoms. The van der Waals surface area contributed by atoms with Crippen LogP contribution in [0, 0.1) is 5.82 Å². The van der Waals surface area contributed by atoms with Crippen molar-refractivity contribution in [3.8, 4) is 5.75 Å². The van der Waals surface area contributed by atoms with E-state index in [9.17, 15) is 22.4 Å². The Balaban J connectivity index is 2.22. The van der Waals surface area contributed by atoms with Crippen LogP contribution in [-0.4, -0.2) is 57.1 Å². The number of ether oxygens (including phenoxy) is 1. The van der Waals surface area contributed by atoms with Gasteiger partial charge in [0.25, 0.3) is 0 Å². The van der Waals surface area contributed by atoms with Crippen LogP contribution in [0.3, 0.4) is 0 Å². The second-order valence-electron chi connectivity index (χ2n) is 9.06. The molecule has 2 aromatic carbocycles. The van der Waals surface area contributed by atoms with Gasteiger partial charge in [-0.1, -0.05) is 44.5 Å². The number of halogens is 1. The zero-order valence-electron chi connectivity index (χ0n) is 22.8. The number of hydrogen-bond donors (Lipinski definition) is 1. The van der Waals surface area contributed by atoms with Gasteiger partial charge in [-0.2, -0.15) is 0 Å². The van der Waals surface area contributed by atoms with E-state index in [0.29, 0.717) is 36.6 Å². The Bertz CT molecular complexity index is 1140. The summed E-state index contributed by atoms with van der Waals surface area (Å²) in [4.78, 5) is 27.9. The number of benzene rings is 2. The molecule has 0 aliphatic carbocycles. The highest BCUT2D eigenvalue weighted by Crippen LogP contribution is 2.30. The average molecular weight is 550 g/mol. The molecule has 0 saturated carbocycles. The maximum atomic E-state index is 13.5. The molecular weight excluding hydrogens is 509 g/mol. The monoisotopic (exact) mass is 549 g/mol. The maximum absolute atomic E-state index is 13.5. The highest BCUT2D eigenvalue weighted by atomic mass is 32.2. The number of anilines is 1. The lowest BCUT2D eigenvalue weighted by atomic mass is 10.1. The summed E-state index contributed by atoms with van der Waals surface area (Å²) >= 11 is 0. The third-order valence-electron chi connectivity index (χ3n) is 6.07. The molecule has 0 aromatic heterocycles. The molecule has 2 aromatic rings. The highest BCUT2D eigenvalue weighted by Gasteiger charge is 2.29. The summed E-state index contributed by atoms with van der Waals surface area (Å²) < 4.78 is 45.6. The van der Waals surface area contributed by atoms with Crippen molar-refractivity contribution in [3.63, 3.8) is 0 Å². The Morgan fingerprint density at radius 1 is 1.03 bits per heavy atom. The third kappa shape index (κ3) is 9.31. The van der Waals surface area contributed by atoms with Gasteiger partial charge < -0.3 is 15.0 Å². The maximum Gasteiger partial charge on any atom is 0.242 e. The molecule has 8 nitrogen and oxygen atoms in total. The zero-order valence-corrected chi connectivity index (χ0v) is 23.6. The van der Waals surface area contributed by atoms with Crippen LogP contribution in [0.2, 0.25) is 0 Å². The molecule has 0 fully saturated rings. The van der Waals surface area contributed by atoms with Crippen molar-refractivity contribution in [2.45, 2.75) is 65.5 Å². The Hall–Kier alpha value is -3.14. The van der Waals surface area contributed by atoms with E-state index in [0.717, 1.165) is 19.1 Å². The van der Waals surface area contributed by atoms with Gasteiger partial charge in [0, 0.05) is 26.1 Å². The molecular formula is C28H40FN3O5S. The Morgan fingerprint density at radius 2 is 1.71 bits per heavy atom. The fourth-order valence-corrected chi connectivity index (χ4v) is 5.10. The number of hydrogen-bond acceptors (Lipinski definition) is 5. The van der Waals surface area contributed by atoms with Crippen LogP contribution >= 0.6 is 0 Å². The van der Waals surface area contributed by atoms with Crippen molar-refractivity contribution >= 4 is 27.5 Å². The van der Waals surface area contributed by atoms with Gasteiger partial charge in [0.2, 0.25) is 21.8 Å². The van der Waals surface area contributed by atoms with E-state index in [4.69, 9.17) is 4.74 Å². The molecule has 0 unspecified atom stereocenters. The molecule has 0 heterocycles. The van der Waals surface area contributed by atoms with Crippen LogP contribution in [0.25, 0.3) is 0 Å². The summed E-state index contributed by atoms with van der Waals surface area (Å²) in [5.74, 6) is -0.457. The molecule has 0 aliphatic rings. The zero-order chi connectivity index (χ0) is 28.1. The molecule has 1 N–H and O–H groups in total. The quantitative estimate of drug-likeness (QED) is 0.311. The average Bonchev–Trinajstić information content (AvgIpc) is 2.88. The van der Waals surface area contributed by atoms with Gasteiger partial charge in [0.15, 0.2) is 0 Å². The van der Waals surface area contributed by atoms with Gasteiger partial charge in [-0.25, -0.2) is 12.8 Å². The minimum Gasteiger partial charge on any atom is -0.492 e. The predicted octanol–water partition coefficient (Wildman–Crippen LogP) is 4.49. The van der Waals surface area contributed by atoms with Crippen molar-refractivity contribution < 1.29 is 27.1 Å². The standard InChI is InChI=1S/C28H40FN3O5S/c1-5-8-19-30-28(34)24(6-2)31(21-22-15-17-23(29)18-16-22)27(33)14-11-20-32(38(4,35)36)25-12-9-10-13-26(25)37-7-3/h9-10,12-13,15-18,24H,5-8,11,14,19-21H2,1-4H3,(H,30,34)/t24-/m1/s1. The number of sulfonamides is 1. The first-order valence-corrected chi connectivity index (χ1v) is 15.0. The minimum atomic E-state index is -3.65. The largest absolute Gasteiger partial charge is 0.492 e. The van der Waals surface area contributed by atoms with Crippen molar-refractivity contribution in [1.29, 1.82) is 0 Å². The van der Waals surface area contributed by atoms with Gasteiger partial charge >= 0.3 is 0 Å². The summed E-state index contributed by atoms with van der Waals surface area (Å²) in [5.41, 5.74) is 1.11. The molecule has 1 atom stereocenters. The van der Waals surface area contributed by atoms with Gasteiger partial charge in [-0.3, -0.25) is 13.9 Å². The van der Waals surface area contributed by atoms with Crippen LogP contribution in [-0.2, 0) is 26.2 Å². The first kappa shape index (κ1) is 31.1. The fourth-order valence-electron chi connectivity index (χ4n) is 4.14. The highest BCUT2D eigenvalue weighted by molar-refractivity contribution is 7.92. The number of carbonyl (C=O) groups excluding carboxylic acids is 2. The van der Waals surface area contributed by atoms with Crippen LogP contribution in [0.4, 0.5) is 10.1 Å². The smallest absolute Gasteiger partial charge is 0.242 e. The van der Waals surface area contributed by atoms with Crippen molar-refractivity contribution in [2.24, 2.45) is 0 Å². The lowest BCUT2D eigenvalue weighted by molar-refractivity contribution is -0.141.